The molecule has 2 aromatic heterocycles. The first-order chi connectivity index (χ1) is 15.6. The fraction of sp³-hybridized carbons (Fsp3) is 0.524. The molecule has 3 heterocycles. The predicted molar refractivity (Wildman–Crippen MR) is 120 cm³/mol. The maximum absolute atomic E-state index is 12.5. The number of amides is 1. The molecular formula is C21H29N7O5. The van der Waals surface area contributed by atoms with Gasteiger partial charge in [0.05, 0.1) is 19.0 Å². The van der Waals surface area contributed by atoms with Crippen LogP contribution in [0, 0.1) is 0 Å². The Morgan fingerprint density at radius 2 is 2.03 bits per heavy atom. The summed E-state index contributed by atoms with van der Waals surface area (Å²) in [5.41, 5.74) is -0.222. The van der Waals surface area contributed by atoms with E-state index in [1.807, 2.05) is 20.8 Å². The number of nitrogens with one attached hydrogen (secondary N) is 2. The minimum atomic E-state index is -0.746. The Hall–Kier alpha value is -3.70. The molecular weight excluding hydrogens is 430 g/mol. The van der Waals surface area contributed by atoms with E-state index in [-0.39, 0.29) is 35.2 Å². The Balaban J connectivity index is 1.85. The van der Waals surface area contributed by atoms with Gasteiger partial charge in [0.15, 0.2) is 12.1 Å². The van der Waals surface area contributed by atoms with E-state index in [1.54, 1.807) is 29.0 Å². The third-order valence-corrected chi connectivity index (χ3v) is 4.81. The molecule has 1 amide bonds. The van der Waals surface area contributed by atoms with Crippen LogP contribution in [0.1, 0.15) is 54.5 Å². The van der Waals surface area contributed by atoms with Gasteiger partial charge < -0.3 is 25.0 Å². The Morgan fingerprint density at radius 1 is 1.27 bits per heavy atom. The van der Waals surface area contributed by atoms with Gasteiger partial charge in [-0.2, -0.15) is 10.1 Å². The molecule has 3 rings (SSSR count). The molecule has 1 fully saturated rings. The summed E-state index contributed by atoms with van der Waals surface area (Å²) in [4.78, 5) is 46.8. The van der Waals surface area contributed by atoms with Gasteiger partial charge in [0.1, 0.15) is 16.9 Å². The second kappa shape index (κ2) is 9.84. The molecule has 0 aromatic carbocycles. The number of piperidine rings is 1. The third-order valence-electron chi connectivity index (χ3n) is 4.81. The zero-order valence-electron chi connectivity index (χ0n) is 19.4. The first-order valence-corrected chi connectivity index (χ1v) is 10.5. The van der Waals surface area contributed by atoms with E-state index in [1.165, 1.54) is 7.11 Å². The Morgan fingerprint density at radius 3 is 2.64 bits per heavy atom. The number of ether oxygens (including phenoxy) is 2. The third kappa shape index (κ3) is 6.18. The average molecular weight is 460 g/mol. The van der Waals surface area contributed by atoms with Crippen molar-refractivity contribution in [1.29, 1.82) is 0 Å². The lowest BCUT2D eigenvalue weighted by atomic mass is 10.1. The Labute approximate surface area is 191 Å². The van der Waals surface area contributed by atoms with Gasteiger partial charge in [-0.3, -0.25) is 9.48 Å². The molecule has 2 aromatic rings. The molecule has 0 radical (unpaired) electrons. The van der Waals surface area contributed by atoms with E-state index in [0.717, 1.165) is 12.8 Å². The van der Waals surface area contributed by atoms with Crippen molar-refractivity contribution < 1.29 is 23.9 Å². The first-order valence-electron chi connectivity index (χ1n) is 10.5. The van der Waals surface area contributed by atoms with Gasteiger partial charge >= 0.3 is 12.1 Å². The van der Waals surface area contributed by atoms with Crippen LogP contribution < -0.4 is 10.6 Å². The second-order valence-electron chi connectivity index (χ2n) is 8.70. The summed E-state index contributed by atoms with van der Waals surface area (Å²) in [6.07, 6.45) is 4.86. The molecule has 0 saturated carbocycles. The molecule has 1 atom stereocenters. The van der Waals surface area contributed by atoms with Crippen molar-refractivity contribution in [2.45, 2.75) is 45.3 Å². The number of nitrogens with zero attached hydrogens (tertiary/aromatic N) is 5. The molecule has 0 bridgehead atoms. The smallest absolute Gasteiger partial charge is 0.410 e. The van der Waals surface area contributed by atoms with Crippen molar-refractivity contribution in [3.8, 4) is 0 Å². The van der Waals surface area contributed by atoms with Gasteiger partial charge in [0, 0.05) is 32.4 Å². The predicted octanol–water partition coefficient (Wildman–Crippen LogP) is 2.36. The van der Waals surface area contributed by atoms with Crippen LogP contribution in [0.4, 0.5) is 22.2 Å². The second-order valence-corrected chi connectivity index (χ2v) is 8.70. The monoisotopic (exact) mass is 459 g/mol. The average Bonchev–Trinajstić information content (AvgIpc) is 3.16. The number of hydrogen-bond donors (Lipinski definition) is 2. The summed E-state index contributed by atoms with van der Waals surface area (Å²) >= 11 is 0. The van der Waals surface area contributed by atoms with Crippen LogP contribution in [-0.2, 0) is 16.5 Å². The molecule has 178 valence electrons. The number of esters is 1. The zero-order chi connectivity index (χ0) is 24.2. The van der Waals surface area contributed by atoms with Crippen molar-refractivity contribution in [2.24, 2.45) is 7.05 Å². The fourth-order valence-corrected chi connectivity index (χ4v) is 3.41. The summed E-state index contributed by atoms with van der Waals surface area (Å²) in [7, 11) is 2.96. The van der Waals surface area contributed by atoms with Crippen LogP contribution >= 0.6 is 0 Å². The van der Waals surface area contributed by atoms with Crippen LogP contribution in [0.5, 0.6) is 0 Å². The maximum Gasteiger partial charge on any atom is 0.410 e. The van der Waals surface area contributed by atoms with E-state index < -0.39 is 11.6 Å². The van der Waals surface area contributed by atoms with Crippen LogP contribution in [0.15, 0.2) is 12.4 Å². The summed E-state index contributed by atoms with van der Waals surface area (Å²) in [5, 5.41) is 10.2. The molecule has 0 aliphatic carbocycles. The van der Waals surface area contributed by atoms with E-state index in [4.69, 9.17) is 9.47 Å². The maximum atomic E-state index is 12.5. The van der Waals surface area contributed by atoms with Crippen LogP contribution in [-0.4, -0.2) is 74.8 Å². The molecule has 2 N–H and O–H groups in total. The highest BCUT2D eigenvalue weighted by Gasteiger charge is 2.29. The van der Waals surface area contributed by atoms with Crippen LogP contribution in [0.3, 0.4) is 0 Å². The van der Waals surface area contributed by atoms with E-state index in [2.05, 4.69) is 25.7 Å². The SMILES string of the molecule is COC(=O)c1c(C=O)nc(NC2CCCN(C(=O)OC(C)(C)C)C2)nc1Nc1cnn(C)c1. The molecule has 12 nitrogen and oxygen atoms in total. The van der Waals surface area contributed by atoms with Gasteiger partial charge in [0.2, 0.25) is 5.95 Å². The molecule has 12 heteroatoms. The fourth-order valence-electron chi connectivity index (χ4n) is 3.41. The number of aryl methyl sites for hydroxylation is 1. The minimum Gasteiger partial charge on any atom is -0.465 e. The van der Waals surface area contributed by atoms with Gasteiger partial charge in [-0.25, -0.2) is 14.6 Å². The number of anilines is 3. The molecule has 1 saturated heterocycles. The number of methoxy groups -OCH3 is 1. The van der Waals surface area contributed by atoms with Crippen molar-refractivity contribution in [1.82, 2.24) is 24.6 Å². The summed E-state index contributed by atoms with van der Waals surface area (Å²) in [6.45, 7) is 6.43. The quantitative estimate of drug-likeness (QED) is 0.488. The van der Waals surface area contributed by atoms with Crippen molar-refractivity contribution in [3.05, 3.63) is 23.7 Å². The lowest BCUT2D eigenvalue weighted by Crippen LogP contribution is -2.47. The lowest BCUT2D eigenvalue weighted by molar-refractivity contribution is 0.0206. The van der Waals surface area contributed by atoms with E-state index in [0.29, 0.717) is 25.1 Å². The standard InChI is InChI=1S/C21H29N7O5/c1-21(2,3)33-20(31)28-8-6-7-13(11-28)24-19-25-15(12-29)16(18(30)32-5)17(26-19)23-14-9-22-27(4)10-14/h9-10,12-13H,6-8,11H2,1-5H3,(H2,23,24,25,26). The molecule has 1 unspecified atom stereocenters. The molecule has 1 aliphatic heterocycles. The minimum absolute atomic E-state index is 0.0825. The first kappa shape index (κ1) is 24.0. The van der Waals surface area contributed by atoms with Gasteiger partial charge in [-0.1, -0.05) is 0 Å². The zero-order valence-corrected chi connectivity index (χ0v) is 19.4. The summed E-state index contributed by atoms with van der Waals surface area (Å²) in [6, 6.07) is -0.166. The number of aromatic nitrogens is 4. The highest BCUT2D eigenvalue weighted by molar-refractivity contribution is 6.02. The number of aldehydes is 1. The van der Waals surface area contributed by atoms with Crippen molar-refractivity contribution in [3.63, 3.8) is 0 Å². The van der Waals surface area contributed by atoms with Crippen molar-refractivity contribution in [2.75, 3.05) is 30.8 Å². The molecule has 0 spiro atoms. The summed E-state index contributed by atoms with van der Waals surface area (Å²) in [5.74, 6) is -0.495. The molecule has 33 heavy (non-hydrogen) atoms. The number of rotatable bonds is 6. The highest BCUT2D eigenvalue weighted by atomic mass is 16.6. The number of likely N-dealkylation sites (tertiary alicyclic amines) is 1. The summed E-state index contributed by atoms with van der Waals surface area (Å²) < 4.78 is 11.9. The van der Waals surface area contributed by atoms with Gasteiger partial charge in [0.25, 0.3) is 0 Å². The number of hydrogen-bond acceptors (Lipinski definition) is 10. The normalized spacial score (nSPS) is 16.2. The number of carbonyl (C=O) groups is 3. The van der Waals surface area contributed by atoms with E-state index in [9.17, 15) is 14.4 Å². The Bertz CT molecular complexity index is 1030. The highest BCUT2D eigenvalue weighted by Crippen LogP contribution is 2.24. The topological polar surface area (TPSA) is 141 Å². The van der Waals surface area contributed by atoms with Crippen LogP contribution in [0.25, 0.3) is 0 Å². The van der Waals surface area contributed by atoms with E-state index >= 15 is 0 Å². The Kier molecular flexibility index (Phi) is 7.14. The number of carbonyl (C=O) groups excluding carboxylic acids is 3. The van der Waals surface area contributed by atoms with Gasteiger partial charge in [-0.05, 0) is 33.6 Å². The van der Waals surface area contributed by atoms with Gasteiger partial charge in [-0.15, -0.1) is 0 Å². The lowest BCUT2D eigenvalue weighted by Gasteiger charge is -2.34. The van der Waals surface area contributed by atoms with Crippen molar-refractivity contribution >= 4 is 35.8 Å². The molecule has 1 aliphatic rings. The van der Waals surface area contributed by atoms with Crippen LogP contribution in [0.2, 0.25) is 0 Å². The largest absolute Gasteiger partial charge is 0.465 e.